The largest absolute Gasteiger partial charge is 0.379 e. The zero-order valence-electron chi connectivity index (χ0n) is 16.5. The van der Waals surface area contributed by atoms with Crippen molar-refractivity contribution in [1.29, 1.82) is 0 Å². The molecule has 5 heteroatoms. The average molecular weight is 329 g/mol. The fourth-order valence-corrected chi connectivity index (χ4v) is 2.42. The fourth-order valence-electron chi connectivity index (χ4n) is 2.42. The number of methoxy groups -OCH3 is 1. The van der Waals surface area contributed by atoms with Crippen LogP contribution in [-0.4, -0.2) is 63.3 Å². The predicted octanol–water partition coefficient (Wildman–Crippen LogP) is 2.72. The van der Waals surface area contributed by atoms with Gasteiger partial charge >= 0.3 is 0 Å². The third-order valence-electron chi connectivity index (χ3n) is 4.10. The molecule has 0 saturated heterocycles. The third kappa shape index (κ3) is 10.6. The number of hydrogen-bond acceptors (Lipinski definition) is 3. The van der Waals surface area contributed by atoms with E-state index in [1.54, 1.807) is 7.11 Å². The van der Waals surface area contributed by atoms with Gasteiger partial charge in [0.05, 0.1) is 12.6 Å². The quantitative estimate of drug-likeness (QED) is 0.348. The predicted molar refractivity (Wildman–Crippen MR) is 101 cm³/mol. The summed E-state index contributed by atoms with van der Waals surface area (Å²) in [7, 11) is 1.76. The SMILES string of the molecule is CCNC(=NCC(OC)C(C)(C)C)NCCCCN(CC)CC. The number of unbranched alkanes of at least 4 members (excludes halogenated alkanes) is 1. The molecule has 23 heavy (non-hydrogen) atoms. The molecule has 5 nitrogen and oxygen atoms in total. The summed E-state index contributed by atoms with van der Waals surface area (Å²) in [6.07, 6.45) is 2.51. The molecule has 0 radical (unpaired) electrons. The van der Waals surface area contributed by atoms with Crippen molar-refractivity contribution in [2.45, 2.75) is 60.5 Å². The van der Waals surface area contributed by atoms with Crippen LogP contribution in [0.1, 0.15) is 54.4 Å². The molecule has 0 saturated carbocycles. The zero-order valence-corrected chi connectivity index (χ0v) is 16.5. The maximum Gasteiger partial charge on any atom is 0.191 e. The van der Waals surface area contributed by atoms with Gasteiger partial charge in [-0.2, -0.15) is 0 Å². The van der Waals surface area contributed by atoms with Gasteiger partial charge in [-0.3, -0.25) is 4.99 Å². The highest BCUT2D eigenvalue weighted by Crippen LogP contribution is 2.21. The highest BCUT2D eigenvalue weighted by Gasteiger charge is 2.23. The molecule has 0 bridgehead atoms. The van der Waals surface area contributed by atoms with Crippen LogP contribution in [0.4, 0.5) is 0 Å². The summed E-state index contributed by atoms with van der Waals surface area (Å²) in [5, 5.41) is 6.73. The minimum absolute atomic E-state index is 0.0966. The molecule has 0 aliphatic carbocycles. The Bertz CT molecular complexity index is 309. The first-order valence-corrected chi connectivity index (χ1v) is 9.16. The molecule has 0 aliphatic rings. The van der Waals surface area contributed by atoms with Crippen molar-refractivity contribution in [3.05, 3.63) is 0 Å². The summed E-state index contributed by atoms with van der Waals surface area (Å²) < 4.78 is 5.57. The van der Waals surface area contributed by atoms with Crippen molar-refractivity contribution in [3.8, 4) is 0 Å². The maximum absolute atomic E-state index is 5.57. The minimum atomic E-state index is 0.0966. The lowest BCUT2D eigenvalue weighted by Crippen LogP contribution is -2.40. The van der Waals surface area contributed by atoms with Crippen LogP contribution >= 0.6 is 0 Å². The first kappa shape index (κ1) is 22.2. The van der Waals surface area contributed by atoms with Crippen LogP contribution in [-0.2, 0) is 4.74 Å². The van der Waals surface area contributed by atoms with E-state index in [1.165, 1.54) is 13.0 Å². The molecule has 0 rings (SSSR count). The standard InChI is InChI=1S/C18H40N4O/c1-8-19-17(21-15-16(23-7)18(4,5)6)20-13-11-12-14-22(9-2)10-3/h16H,8-15H2,1-7H3,(H2,19,20,21). The van der Waals surface area contributed by atoms with Gasteiger partial charge in [0.25, 0.3) is 0 Å². The molecule has 2 N–H and O–H groups in total. The molecule has 0 aromatic rings. The number of rotatable bonds is 11. The Morgan fingerprint density at radius 1 is 1.09 bits per heavy atom. The molecule has 0 amide bonds. The van der Waals surface area contributed by atoms with Crippen molar-refractivity contribution < 1.29 is 4.74 Å². The molecule has 0 aliphatic heterocycles. The average Bonchev–Trinajstić information content (AvgIpc) is 2.50. The van der Waals surface area contributed by atoms with Gasteiger partial charge in [0.1, 0.15) is 0 Å². The first-order valence-electron chi connectivity index (χ1n) is 9.16. The van der Waals surface area contributed by atoms with E-state index in [0.717, 1.165) is 38.6 Å². The molecule has 0 fully saturated rings. The van der Waals surface area contributed by atoms with E-state index in [0.29, 0.717) is 6.54 Å². The first-order chi connectivity index (χ1) is 10.9. The summed E-state index contributed by atoms with van der Waals surface area (Å²) >= 11 is 0. The van der Waals surface area contributed by atoms with Crippen molar-refractivity contribution in [2.75, 3.05) is 46.4 Å². The van der Waals surface area contributed by atoms with Crippen LogP contribution in [0, 0.1) is 5.41 Å². The highest BCUT2D eigenvalue weighted by atomic mass is 16.5. The van der Waals surface area contributed by atoms with Gasteiger partial charge in [-0.15, -0.1) is 0 Å². The van der Waals surface area contributed by atoms with Gasteiger partial charge in [-0.05, 0) is 44.8 Å². The molecule has 0 heterocycles. The van der Waals surface area contributed by atoms with Gasteiger partial charge < -0.3 is 20.3 Å². The Kier molecular flexibility index (Phi) is 12.1. The maximum atomic E-state index is 5.57. The second-order valence-corrected chi connectivity index (χ2v) is 6.97. The molecule has 0 aromatic carbocycles. The zero-order chi connectivity index (χ0) is 17.7. The summed E-state index contributed by atoms with van der Waals surface area (Å²) in [6.45, 7) is 19.1. The lowest BCUT2D eigenvalue weighted by atomic mass is 9.89. The molecule has 0 spiro atoms. The topological polar surface area (TPSA) is 48.9 Å². The van der Waals surface area contributed by atoms with E-state index in [-0.39, 0.29) is 11.5 Å². The van der Waals surface area contributed by atoms with Crippen LogP contribution in [0.5, 0.6) is 0 Å². The summed E-state index contributed by atoms with van der Waals surface area (Å²) in [5.41, 5.74) is 0.0966. The fraction of sp³-hybridized carbons (Fsp3) is 0.944. The number of aliphatic imine (C=N–C) groups is 1. The molecule has 1 unspecified atom stereocenters. The lowest BCUT2D eigenvalue weighted by molar-refractivity contribution is 0.0241. The lowest BCUT2D eigenvalue weighted by Gasteiger charge is -2.28. The summed E-state index contributed by atoms with van der Waals surface area (Å²) in [4.78, 5) is 7.14. The monoisotopic (exact) mass is 328 g/mol. The second-order valence-electron chi connectivity index (χ2n) is 6.97. The van der Waals surface area contributed by atoms with Crippen LogP contribution in [0.25, 0.3) is 0 Å². The van der Waals surface area contributed by atoms with Gasteiger partial charge in [0.2, 0.25) is 0 Å². The van der Waals surface area contributed by atoms with E-state index in [4.69, 9.17) is 4.74 Å². The van der Waals surface area contributed by atoms with Gasteiger partial charge in [-0.1, -0.05) is 34.6 Å². The van der Waals surface area contributed by atoms with Crippen molar-refractivity contribution in [2.24, 2.45) is 10.4 Å². The van der Waals surface area contributed by atoms with Crippen molar-refractivity contribution in [1.82, 2.24) is 15.5 Å². The smallest absolute Gasteiger partial charge is 0.191 e. The molecule has 1 atom stereocenters. The van der Waals surface area contributed by atoms with Crippen LogP contribution in [0.2, 0.25) is 0 Å². The Labute approximate surface area is 144 Å². The van der Waals surface area contributed by atoms with E-state index in [9.17, 15) is 0 Å². The number of nitrogens with zero attached hydrogens (tertiary/aromatic N) is 2. The van der Waals surface area contributed by atoms with Crippen LogP contribution in [0.3, 0.4) is 0 Å². The number of nitrogens with one attached hydrogen (secondary N) is 2. The second kappa shape index (κ2) is 12.6. The van der Waals surface area contributed by atoms with E-state index in [2.05, 4.69) is 62.1 Å². The van der Waals surface area contributed by atoms with Crippen molar-refractivity contribution >= 4 is 5.96 Å². The Morgan fingerprint density at radius 2 is 1.74 bits per heavy atom. The summed E-state index contributed by atoms with van der Waals surface area (Å²) in [6, 6.07) is 0. The van der Waals surface area contributed by atoms with Crippen LogP contribution in [0.15, 0.2) is 4.99 Å². The van der Waals surface area contributed by atoms with E-state index >= 15 is 0 Å². The van der Waals surface area contributed by atoms with Crippen LogP contribution < -0.4 is 10.6 Å². The number of guanidine groups is 1. The number of hydrogen-bond donors (Lipinski definition) is 2. The van der Waals surface area contributed by atoms with Crippen molar-refractivity contribution in [3.63, 3.8) is 0 Å². The number of ether oxygens (including phenoxy) is 1. The Morgan fingerprint density at radius 3 is 2.22 bits per heavy atom. The Balaban J connectivity index is 4.22. The minimum Gasteiger partial charge on any atom is -0.379 e. The Hall–Kier alpha value is -0.810. The highest BCUT2D eigenvalue weighted by molar-refractivity contribution is 5.79. The van der Waals surface area contributed by atoms with Gasteiger partial charge in [0, 0.05) is 20.2 Å². The van der Waals surface area contributed by atoms with Gasteiger partial charge in [-0.25, -0.2) is 0 Å². The normalized spacial score (nSPS) is 14.2. The third-order valence-corrected chi connectivity index (χ3v) is 4.10. The van der Waals surface area contributed by atoms with Gasteiger partial charge in [0.15, 0.2) is 5.96 Å². The molecule has 138 valence electrons. The molecular weight excluding hydrogens is 288 g/mol. The summed E-state index contributed by atoms with van der Waals surface area (Å²) in [5.74, 6) is 0.890. The molecule has 0 aromatic heterocycles. The molecular formula is C18H40N4O. The van der Waals surface area contributed by atoms with E-state index in [1.807, 2.05) is 0 Å². The van der Waals surface area contributed by atoms with E-state index < -0.39 is 0 Å².